The molecule has 1 aliphatic carbocycles. The zero-order valence-electron chi connectivity index (χ0n) is 18.0. The van der Waals surface area contributed by atoms with Crippen molar-refractivity contribution < 1.29 is 14.1 Å². The maximum absolute atomic E-state index is 13.1. The van der Waals surface area contributed by atoms with E-state index in [4.69, 9.17) is 4.52 Å². The lowest BCUT2D eigenvalue weighted by atomic mass is 9.88. The summed E-state index contributed by atoms with van der Waals surface area (Å²) >= 11 is 1.43. The molecule has 1 atom stereocenters. The van der Waals surface area contributed by atoms with E-state index in [0.717, 1.165) is 41.8 Å². The normalized spacial score (nSPS) is 15.2. The van der Waals surface area contributed by atoms with Crippen LogP contribution in [0.25, 0.3) is 0 Å². The molecule has 1 saturated carbocycles. The van der Waals surface area contributed by atoms with Crippen molar-refractivity contribution in [3.8, 4) is 0 Å². The van der Waals surface area contributed by atoms with Crippen LogP contribution < -0.4 is 10.6 Å². The van der Waals surface area contributed by atoms with Crippen molar-refractivity contribution in [1.82, 2.24) is 5.16 Å². The average Bonchev–Trinajstić information content (AvgIpc) is 3.23. The van der Waals surface area contributed by atoms with Crippen molar-refractivity contribution in [1.29, 1.82) is 0 Å². The van der Waals surface area contributed by atoms with Crippen LogP contribution in [0.3, 0.4) is 0 Å². The maximum Gasteiger partial charge on any atom is 0.243 e. The van der Waals surface area contributed by atoms with E-state index >= 15 is 0 Å². The third-order valence-electron chi connectivity index (χ3n) is 5.55. The maximum atomic E-state index is 13.1. The molecule has 0 aliphatic heterocycles. The van der Waals surface area contributed by atoms with Gasteiger partial charge in [-0.2, -0.15) is 0 Å². The van der Waals surface area contributed by atoms with E-state index in [0.29, 0.717) is 11.6 Å². The van der Waals surface area contributed by atoms with Crippen LogP contribution >= 0.6 is 11.8 Å². The molecule has 1 fully saturated rings. The molecule has 166 valence electrons. The van der Waals surface area contributed by atoms with Gasteiger partial charge >= 0.3 is 0 Å². The molecular formula is C25H27N3O3S. The highest BCUT2D eigenvalue weighted by Gasteiger charge is 2.24. The fourth-order valence-corrected chi connectivity index (χ4v) is 4.99. The van der Waals surface area contributed by atoms with Crippen molar-refractivity contribution >= 4 is 35.1 Å². The third kappa shape index (κ3) is 5.79. The first-order valence-electron chi connectivity index (χ1n) is 11.0. The van der Waals surface area contributed by atoms with Gasteiger partial charge in [0.05, 0.1) is 0 Å². The second kappa shape index (κ2) is 10.5. The van der Waals surface area contributed by atoms with E-state index in [-0.39, 0.29) is 17.7 Å². The second-order valence-corrected chi connectivity index (χ2v) is 9.25. The molecule has 1 aliphatic rings. The molecule has 0 bridgehead atoms. The summed E-state index contributed by atoms with van der Waals surface area (Å²) in [5.74, 6) is 1.01. The van der Waals surface area contributed by atoms with Gasteiger partial charge in [-0.05, 0) is 43.5 Å². The number of nitrogens with zero attached hydrogens (tertiary/aromatic N) is 1. The zero-order valence-corrected chi connectivity index (χ0v) is 18.9. The molecule has 2 aromatic carbocycles. The van der Waals surface area contributed by atoms with Gasteiger partial charge in [-0.1, -0.05) is 60.8 Å². The Morgan fingerprint density at radius 3 is 2.50 bits per heavy atom. The highest BCUT2D eigenvalue weighted by atomic mass is 32.2. The fourth-order valence-electron chi connectivity index (χ4n) is 3.91. The van der Waals surface area contributed by atoms with Gasteiger partial charge in [-0.15, -0.1) is 11.8 Å². The standard InChI is InChI=1S/C25H27N3O3S/c1-17-15-22(28-31-17)27-25(30)23(18-9-4-2-5-10-18)32-21-14-8-13-20(16-21)26-24(29)19-11-6-3-7-12-19/h2,4-5,8-10,13-16,19,23H,3,6-7,11-12H2,1H3,(H,26,29)(H,27,28,30). The quantitative estimate of drug-likeness (QED) is 0.434. The first-order valence-corrected chi connectivity index (χ1v) is 11.8. The van der Waals surface area contributed by atoms with Crippen LogP contribution in [0.5, 0.6) is 0 Å². The lowest BCUT2D eigenvalue weighted by molar-refractivity contribution is -0.120. The molecule has 3 aromatic rings. The summed E-state index contributed by atoms with van der Waals surface area (Å²) in [5.41, 5.74) is 1.64. The van der Waals surface area contributed by atoms with Crippen LogP contribution in [0.15, 0.2) is 70.1 Å². The Kier molecular flexibility index (Phi) is 7.27. The van der Waals surface area contributed by atoms with Gasteiger partial charge in [0.15, 0.2) is 5.82 Å². The number of benzene rings is 2. The number of hydrogen-bond donors (Lipinski definition) is 2. The summed E-state index contributed by atoms with van der Waals surface area (Å²) in [5, 5.41) is 9.28. The Labute approximate surface area is 192 Å². The van der Waals surface area contributed by atoms with Gasteiger partial charge in [0.1, 0.15) is 11.0 Å². The summed E-state index contributed by atoms with van der Waals surface area (Å²) in [4.78, 5) is 26.6. The van der Waals surface area contributed by atoms with Gasteiger partial charge in [-0.3, -0.25) is 9.59 Å². The highest BCUT2D eigenvalue weighted by molar-refractivity contribution is 8.00. The molecule has 0 radical (unpaired) electrons. The average molecular weight is 450 g/mol. The van der Waals surface area contributed by atoms with Crippen molar-refractivity contribution in [2.45, 2.75) is 49.2 Å². The number of thioether (sulfide) groups is 1. The largest absolute Gasteiger partial charge is 0.360 e. The summed E-state index contributed by atoms with van der Waals surface area (Å²) < 4.78 is 5.06. The Bertz CT molecular complexity index is 1060. The Morgan fingerprint density at radius 2 is 1.78 bits per heavy atom. The molecule has 1 aromatic heterocycles. The van der Waals surface area contributed by atoms with Crippen LogP contribution in [0.2, 0.25) is 0 Å². The number of hydrogen-bond acceptors (Lipinski definition) is 5. The van der Waals surface area contributed by atoms with E-state index in [1.54, 1.807) is 13.0 Å². The van der Waals surface area contributed by atoms with Crippen LogP contribution in [0.4, 0.5) is 11.5 Å². The minimum absolute atomic E-state index is 0.0885. The second-order valence-electron chi connectivity index (χ2n) is 8.07. The van der Waals surface area contributed by atoms with E-state index < -0.39 is 5.25 Å². The van der Waals surface area contributed by atoms with Gasteiger partial charge in [0, 0.05) is 22.6 Å². The Morgan fingerprint density at radius 1 is 1.00 bits per heavy atom. The summed E-state index contributed by atoms with van der Waals surface area (Å²) in [6.07, 6.45) is 5.36. The number of amides is 2. The zero-order chi connectivity index (χ0) is 22.3. The number of nitrogens with one attached hydrogen (secondary N) is 2. The minimum Gasteiger partial charge on any atom is -0.360 e. The predicted molar refractivity (Wildman–Crippen MR) is 127 cm³/mol. The molecule has 2 N–H and O–H groups in total. The highest BCUT2D eigenvalue weighted by Crippen LogP contribution is 2.37. The first-order chi connectivity index (χ1) is 15.6. The number of carbonyl (C=O) groups excluding carboxylic acids is 2. The molecule has 2 amide bonds. The number of aryl methyl sites for hydroxylation is 1. The smallest absolute Gasteiger partial charge is 0.243 e. The van der Waals surface area contributed by atoms with Crippen molar-refractivity contribution in [2.24, 2.45) is 5.92 Å². The SMILES string of the molecule is Cc1cc(NC(=O)C(Sc2cccc(NC(=O)C3CCCCC3)c2)c2ccccc2)no1. The Balaban J connectivity index is 1.49. The van der Waals surface area contributed by atoms with Crippen LogP contribution in [0, 0.1) is 12.8 Å². The summed E-state index contributed by atoms with van der Waals surface area (Å²) in [6.45, 7) is 1.78. The van der Waals surface area contributed by atoms with Crippen molar-refractivity contribution in [2.75, 3.05) is 10.6 Å². The van der Waals surface area contributed by atoms with Crippen LogP contribution in [-0.2, 0) is 9.59 Å². The molecule has 6 nitrogen and oxygen atoms in total. The van der Waals surface area contributed by atoms with Crippen molar-refractivity contribution in [3.63, 3.8) is 0 Å². The Hall–Kier alpha value is -3.06. The third-order valence-corrected chi connectivity index (χ3v) is 6.80. The van der Waals surface area contributed by atoms with E-state index in [2.05, 4.69) is 15.8 Å². The van der Waals surface area contributed by atoms with Gasteiger partial charge in [0.25, 0.3) is 0 Å². The first kappa shape index (κ1) is 22.1. The number of aromatic nitrogens is 1. The molecule has 0 spiro atoms. The van der Waals surface area contributed by atoms with Gasteiger partial charge in [-0.25, -0.2) is 0 Å². The molecule has 0 saturated heterocycles. The molecular weight excluding hydrogens is 422 g/mol. The summed E-state index contributed by atoms with van der Waals surface area (Å²) in [7, 11) is 0. The van der Waals surface area contributed by atoms with Crippen LogP contribution in [-0.4, -0.2) is 17.0 Å². The lowest BCUT2D eigenvalue weighted by Crippen LogP contribution is -2.24. The van der Waals surface area contributed by atoms with Crippen LogP contribution in [0.1, 0.15) is 48.7 Å². The summed E-state index contributed by atoms with van der Waals surface area (Å²) in [6, 6.07) is 19.0. The topological polar surface area (TPSA) is 84.2 Å². The number of rotatable bonds is 7. The van der Waals surface area contributed by atoms with E-state index in [1.807, 2.05) is 54.6 Å². The molecule has 1 unspecified atom stereocenters. The molecule has 7 heteroatoms. The molecule has 1 heterocycles. The van der Waals surface area contributed by atoms with Crippen molar-refractivity contribution in [3.05, 3.63) is 72.0 Å². The van der Waals surface area contributed by atoms with E-state index in [1.165, 1.54) is 18.2 Å². The fraction of sp³-hybridized carbons (Fsp3) is 0.320. The predicted octanol–water partition coefficient (Wildman–Crippen LogP) is 5.97. The van der Waals surface area contributed by atoms with Gasteiger partial charge in [0.2, 0.25) is 11.8 Å². The molecule has 4 rings (SSSR count). The lowest BCUT2D eigenvalue weighted by Gasteiger charge is -2.21. The minimum atomic E-state index is -0.488. The monoisotopic (exact) mass is 449 g/mol. The van der Waals surface area contributed by atoms with E-state index in [9.17, 15) is 9.59 Å². The van der Waals surface area contributed by atoms with Gasteiger partial charge < -0.3 is 15.2 Å². The number of carbonyl (C=O) groups is 2. The number of anilines is 2. The molecule has 32 heavy (non-hydrogen) atoms.